The fourth-order valence-electron chi connectivity index (χ4n) is 1.77. The van der Waals surface area contributed by atoms with Crippen molar-refractivity contribution in [2.75, 3.05) is 13.2 Å². The van der Waals surface area contributed by atoms with Gasteiger partial charge < -0.3 is 9.47 Å². The molecule has 0 spiro atoms. The fourth-order valence-corrected chi connectivity index (χ4v) is 1.77. The lowest BCUT2D eigenvalue weighted by molar-refractivity contribution is -0.136. The third-order valence-electron chi connectivity index (χ3n) is 2.50. The van der Waals surface area contributed by atoms with Crippen molar-refractivity contribution in [3.05, 3.63) is 0 Å². The summed E-state index contributed by atoms with van der Waals surface area (Å²) in [5.74, 6) is 4.64. The molecule has 1 fully saturated rings. The second kappa shape index (κ2) is 6.46. The molecule has 106 valence electrons. The first-order valence-corrected chi connectivity index (χ1v) is 6.51. The molecule has 0 unspecified atom stereocenters. The Morgan fingerprint density at radius 3 is 2.63 bits per heavy atom. The molecule has 5 nitrogen and oxygen atoms in total. The third-order valence-corrected chi connectivity index (χ3v) is 2.50. The Labute approximate surface area is 114 Å². The molecule has 0 aromatic heterocycles. The van der Waals surface area contributed by atoms with E-state index in [1.165, 1.54) is 0 Å². The van der Waals surface area contributed by atoms with Gasteiger partial charge in [-0.3, -0.25) is 4.90 Å². The molecule has 0 aromatic rings. The van der Waals surface area contributed by atoms with Crippen LogP contribution in [0.25, 0.3) is 0 Å². The highest BCUT2D eigenvalue weighted by Gasteiger charge is 2.31. The van der Waals surface area contributed by atoms with Gasteiger partial charge in [0.15, 0.2) is 0 Å². The standard InChI is InChI=1S/C14H21NO4/c1-5-18-12(16)9-8-11-7-6-10-15(11)13(17)19-14(2,3)4/h11H,5-7,10H2,1-4H3/t11-/m0/s1. The summed E-state index contributed by atoms with van der Waals surface area (Å²) in [6, 6.07) is -0.265. The highest BCUT2D eigenvalue weighted by molar-refractivity contribution is 5.88. The van der Waals surface area contributed by atoms with E-state index >= 15 is 0 Å². The third kappa shape index (κ3) is 5.21. The highest BCUT2D eigenvalue weighted by atomic mass is 16.6. The molecule has 1 saturated heterocycles. The number of hydrogen-bond donors (Lipinski definition) is 0. The molecule has 1 amide bonds. The number of ether oxygens (including phenoxy) is 2. The quantitative estimate of drug-likeness (QED) is 0.414. The maximum absolute atomic E-state index is 12.0. The Bertz CT molecular complexity index is 400. The first-order chi connectivity index (χ1) is 8.83. The Morgan fingerprint density at radius 2 is 2.05 bits per heavy atom. The molecular weight excluding hydrogens is 246 g/mol. The molecule has 1 heterocycles. The molecular formula is C14H21NO4. The van der Waals surface area contributed by atoms with Gasteiger partial charge >= 0.3 is 12.1 Å². The van der Waals surface area contributed by atoms with E-state index in [4.69, 9.17) is 9.47 Å². The van der Waals surface area contributed by atoms with Crippen molar-refractivity contribution in [3.63, 3.8) is 0 Å². The Hall–Kier alpha value is -1.70. The molecule has 0 bridgehead atoms. The van der Waals surface area contributed by atoms with E-state index in [-0.39, 0.29) is 12.1 Å². The van der Waals surface area contributed by atoms with Crippen LogP contribution in [-0.4, -0.2) is 41.8 Å². The molecule has 19 heavy (non-hydrogen) atoms. The molecule has 0 aliphatic carbocycles. The highest BCUT2D eigenvalue weighted by Crippen LogP contribution is 2.20. The van der Waals surface area contributed by atoms with Crippen LogP contribution in [0.15, 0.2) is 0 Å². The molecule has 1 aliphatic rings. The number of likely N-dealkylation sites (tertiary alicyclic amines) is 1. The number of carbonyl (C=O) groups is 2. The van der Waals surface area contributed by atoms with E-state index in [0.717, 1.165) is 12.8 Å². The summed E-state index contributed by atoms with van der Waals surface area (Å²) in [7, 11) is 0. The van der Waals surface area contributed by atoms with Gasteiger partial charge in [0.05, 0.1) is 12.6 Å². The predicted molar refractivity (Wildman–Crippen MR) is 70.4 cm³/mol. The predicted octanol–water partition coefficient (Wildman–Crippen LogP) is 1.95. The molecule has 0 saturated carbocycles. The van der Waals surface area contributed by atoms with Crippen molar-refractivity contribution in [1.82, 2.24) is 4.90 Å². The largest absolute Gasteiger partial charge is 0.456 e. The van der Waals surface area contributed by atoms with E-state index in [1.54, 1.807) is 11.8 Å². The zero-order chi connectivity index (χ0) is 14.5. The van der Waals surface area contributed by atoms with Gasteiger partial charge in [0, 0.05) is 12.5 Å². The molecule has 1 atom stereocenters. The maximum Gasteiger partial charge on any atom is 0.411 e. The SMILES string of the molecule is CCOC(=O)C#C[C@@H]1CCCN1C(=O)OC(C)(C)C. The summed E-state index contributed by atoms with van der Waals surface area (Å²) >= 11 is 0. The summed E-state index contributed by atoms with van der Waals surface area (Å²) < 4.78 is 10.0. The topological polar surface area (TPSA) is 55.8 Å². The zero-order valence-electron chi connectivity index (χ0n) is 12.0. The van der Waals surface area contributed by atoms with Crippen LogP contribution in [0.1, 0.15) is 40.5 Å². The Morgan fingerprint density at radius 1 is 1.37 bits per heavy atom. The minimum atomic E-state index is -0.557. The number of carbonyl (C=O) groups excluding carboxylic acids is 2. The van der Waals surface area contributed by atoms with Crippen LogP contribution < -0.4 is 0 Å². The second-order valence-corrected chi connectivity index (χ2v) is 5.32. The van der Waals surface area contributed by atoms with Crippen LogP contribution in [-0.2, 0) is 14.3 Å². The summed E-state index contributed by atoms with van der Waals surface area (Å²) in [5.41, 5.74) is -0.529. The van der Waals surface area contributed by atoms with Gasteiger partial charge in [-0.1, -0.05) is 5.92 Å². The molecule has 0 radical (unpaired) electrons. The number of esters is 1. The smallest absolute Gasteiger partial charge is 0.411 e. The van der Waals surface area contributed by atoms with E-state index in [9.17, 15) is 9.59 Å². The molecule has 1 aliphatic heterocycles. The van der Waals surface area contributed by atoms with E-state index < -0.39 is 11.6 Å². The summed E-state index contributed by atoms with van der Waals surface area (Å²) in [5, 5.41) is 0. The van der Waals surface area contributed by atoms with Gasteiger partial charge in [0.2, 0.25) is 0 Å². The summed E-state index contributed by atoms with van der Waals surface area (Å²) in [6.45, 7) is 8.09. The lowest BCUT2D eigenvalue weighted by atomic mass is 10.2. The number of nitrogens with zero attached hydrogens (tertiary/aromatic N) is 1. The van der Waals surface area contributed by atoms with Gasteiger partial charge in [-0.15, -0.1) is 0 Å². The molecule has 0 N–H and O–H groups in total. The Kier molecular flexibility index (Phi) is 5.22. The summed E-state index contributed by atoms with van der Waals surface area (Å²) in [4.78, 5) is 24.7. The van der Waals surface area contributed by atoms with Crippen molar-refractivity contribution in [2.24, 2.45) is 0 Å². The molecule has 1 rings (SSSR count). The lowest BCUT2D eigenvalue weighted by Gasteiger charge is -2.26. The molecule has 5 heteroatoms. The normalized spacial score (nSPS) is 18.5. The van der Waals surface area contributed by atoms with Crippen LogP contribution in [0.3, 0.4) is 0 Å². The van der Waals surface area contributed by atoms with Crippen LogP contribution >= 0.6 is 0 Å². The average molecular weight is 267 g/mol. The second-order valence-electron chi connectivity index (χ2n) is 5.32. The van der Waals surface area contributed by atoms with Crippen LogP contribution in [0.5, 0.6) is 0 Å². The van der Waals surface area contributed by atoms with Gasteiger partial charge in [-0.2, -0.15) is 0 Å². The average Bonchev–Trinajstić information content (AvgIpc) is 2.72. The van der Waals surface area contributed by atoms with Gasteiger partial charge in [-0.05, 0) is 40.5 Å². The Balaban J connectivity index is 2.64. The van der Waals surface area contributed by atoms with Crippen LogP contribution in [0, 0.1) is 11.8 Å². The van der Waals surface area contributed by atoms with E-state index in [1.807, 2.05) is 20.8 Å². The fraction of sp³-hybridized carbons (Fsp3) is 0.714. The summed E-state index contributed by atoms with van der Waals surface area (Å²) in [6.07, 6.45) is 1.24. The van der Waals surface area contributed by atoms with E-state index in [0.29, 0.717) is 13.2 Å². The number of rotatable bonds is 1. The van der Waals surface area contributed by atoms with E-state index in [2.05, 4.69) is 11.8 Å². The van der Waals surface area contributed by atoms with Crippen molar-refractivity contribution >= 4 is 12.1 Å². The maximum atomic E-state index is 12.0. The number of hydrogen-bond acceptors (Lipinski definition) is 4. The lowest BCUT2D eigenvalue weighted by Crippen LogP contribution is -2.39. The minimum Gasteiger partial charge on any atom is -0.456 e. The van der Waals surface area contributed by atoms with Gasteiger partial charge in [0.25, 0.3) is 0 Å². The van der Waals surface area contributed by atoms with Crippen molar-refractivity contribution in [1.29, 1.82) is 0 Å². The minimum absolute atomic E-state index is 0.265. The molecule has 0 aromatic carbocycles. The van der Waals surface area contributed by atoms with Gasteiger partial charge in [-0.25, -0.2) is 9.59 Å². The van der Waals surface area contributed by atoms with Crippen LogP contribution in [0.2, 0.25) is 0 Å². The first kappa shape index (κ1) is 15.4. The van der Waals surface area contributed by atoms with Gasteiger partial charge in [0.1, 0.15) is 5.60 Å². The first-order valence-electron chi connectivity index (χ1n) is 6.51. The van der Waals surface area contributed by atoms with Crippen molar-refractivity contribution in [3.8, 4) is 11.8 Å². The van der Waals surface area contributed by atoms with Crippen LogP contribution in [0.4, 0.5) is 4.79 Å². The van der Waals surface area contributed by atoms with Crippen molar-refractivity contribution < 1.29 is 19.1 Å². The van der Waals surface area contributed by atoms with Crippen molar-refractivity contribution in [2.45, 2.75) is 52.2 Å². The monoisotopic (exact) mass is 267 g/mol. The number of amides is 1. The zero-order valence-corrected chi connectivity index (χ0v) is 12.0.